The Morgan fingerprint density at radius 1 is 1.00 bits per heavy atom. The van der Waals surface area contributed by atoms with Gasteiger partial charge in [0.1, 0.15) is 5.52 Å². The Labute approximate surface area is 110 Å². The highest BCUT2D eigenvalue weighted by molar-refractivity contribution is 6.06. The summed E-state index contributed by atoms with van der Waals surface area (Å²) < 4.78 is 1.59. The van der Waals surface area contributed by atoms with Crippen molar-refractivity contribution in [2.24, 2.45) is 0 Å². The van der Waals surface area contributed by atoms with Crippen molar-refractivity contribution in [3.05, 3.63) is 66.2 Å². The molecule has 0 atom stereocenters. The molecule has 19 heavy (non-hydrogen) atoms. The molecule has 0 aliphatic carbocycles. The number of hydrogen-bond acceptors (Lipinski definition) is 3. The number of carbonyl (C=O) groups is 1. The fraction of sp³-hybridized carbons (Fsp3) is 0. The second-order valence-electron chi connectivity index (χ2n) is 4.07. The van der Waals surface area contributed by atoms with Gasteiger partial charge in [0.2, 0.25) is 0 Å². The molecule has 92 valence electrons. The van der Waals surface area contributed by atoms with E-state index in [-0.39, 0.29) is 5.78 Å². The molecule has 1 heterocycles. The summed E-state index contributed by atoms with van der Waals surface area (Å²) in [5.41, 5.74) is 2.34. The van der Waals surface area contributed by atoms with Gasteiger partial charge in [-0.25, -0.2) is 4.68 Å². The van der Waals surface area contributed by atoms with E-state index >= 15 is 0 Å². The number of nitrogens with zero attached hydrogens (tertiary/aromatic N) is 3. The van der Waals surface area contributed by atoms with Gasteiger partial charge < -0.3 is 0 Å². The molecule has 0 saturated heterocycles. The van der Waals surface area contributed by atoms with Crippen LogP contribution in [0.25, 0.3) is 17.2 Å². The Bertz CT molecular complexity index is 744. The minimum Gasteiger partial charge on any atom is -0.289 e. The predicted octanol–water partition coefficient (Wildman–Crippen LogP) is 2.78. The highest BCUT2D eigenvalue weighted by Crippen LogP contribution is 2.10. The summed E-state index contributed by atoms with van der Waals surface area (Å²) in [6.07, 6.45) is 3.13. The first-order chi connectivity index (χ1) is 9.34. The number of hydrogen-bond donors (Lipinski definition) is 0. The van der Waals surface area contributed by atoms with Gasteiger partial charge in [-0.15, -0.1) is 5.10 Å². The molecule has 2 aromatic carbocycles. The predicted molar refractivity (Wildman–Crippen MR) is 73.6 cm³/mol. The van der Waals surface area contributed by atoms with Crippen molar-refractivity contribution in [2.45, 2.75) is 0 Å². The number of benzene rings is 2. The molecule has 3 rings (SSSR count). The zero-order valence-corrected chi connectivity index (χ0v) is 10.1. The van der Waals surface area contributed by atoms with Crippen LogP contribution in [0.2, 0.25) is 0 Å². The third kappa shape index (κ3) is 2.28. The van der Waals surface area contributed by atoms with Crippen LogP contribution in [-0.2, 0) is 0 Å². The quantitative estimate of drug-likeness (QED) is 0.529. The number of carbonyl (C=O) groups excluding carboxylic acids is 1. The fourth-order valence-corrected chi connectivity index (χ4v) is 1.83. The molecule has 0 bridgehead atoms. The summed E-state index contributed by atoms with van der Waals surface area (Å²) in [6.45, 7) is 0. The summed E-state index contributed by atoms with van der Waals surface area (Å²) in [7, 11) is 0. The lowest BCUT2D eigenvalue weighted by molar-refractivity contribution is 0.104. The van der Waals surface area contributed by atoms with E-state index in [1.807, 2.05) is 42.5 Å². The number of aromatic nitrogens is 3. The van der Waals surface area contributed by atoms with Crippen LogP contribution in [0, 0.1) is 0 Å². The zero-order chi connectivity index (χ0) is 13.1. The van der Waals surface area contributed by atoms with Gasteiger partial charge in [-0.05, 0) is 12.1 Å². The second-order valence-corrected chi connectivity index (χ2v) is 4.07. The summed E-state index contributed by atoms with van der Waals surface area (Å²) in [4.78, 5) is 11.9. The van der Waals surface area contributed by atoms with Crippen LogP contribution in [0.1, 0.15) is 10.4 Å². The second kappa shape index (κ2) is 4.86. The van der Waals surface area contributed by atoms with Crippen molar-refractivity contribution >= 4 is 23.0 Å². The van der Waals surface area contributed by atoms with E-state index in [1.54, 1.807) is 23.0 Å². The maximum Gasteiger partial charge on any atom is 0.187 e. The van der Waals surface area contributed by atoms with Crippen LogP contribution in [0.3, 0.4) is 0 Å². The van der Waals surface area contributed by atoms with Gasteiger partial charge >= 0.3 is 0 Å². The molecule has 1 aromatic heterocycles. The number of allylic oxidation sites excluding steroid dienone is 1. The van der Waals surface area contributed by atoms with Crippen molar-refractivity contribution in [3.63, 3.8) is 0 Å². The van der Waals surface area contributed by atoms with Crippen LogP contribution in [-0.4, -0.2) is 20.8 Å². The Balaban J connectivity index is 1.89. The van der Waals surface area contributed by atoms with Crippen molar-refractivity contribution in [2.75, 3.05) is 0 Å². The maximum absolute atomic E-state index is 11.9. The van der Waals surface area contributed by atoms with Crippen molar-refractivity contribution in [1.29, 1.82) is 0 Å². The molecule has 0 radical (unpaired) electrons. The minimum absolute atomic E-state index is 0.0554. The first kappa shape index (κ1) is 11.3. The van der Waals surface area contributed by atoms with Crippen molar-refractivity contribution < 1.29 is 4.79 Å². The summed E-state index contributed by atoms with van der Waals surface area (Å²) in [5.74, 6) is -0.0554. The third-order valence-corrected chi connectivity index (χ3v) is 2.80. The monoisotopic (exact) mass is 249 g/mol. The van der Waals surface area contributed by atoms with Gasteiger partial charge in [0.25, 0.3) is 0 Å². The van der Waals surface area contributed by atoms with E-state index in [4.69, 9.17) is 0 Å². The number of para-hydroxylation sites is 1. The topological polar surface area (TPSA) is 47.8 Å². The van der Waals surface area contributed by atoms with Crippen molar-refractivity contribution in [3.8, 4) is 0 Å². The maximum atomic E-state index is 11.9. The molecular formula is C15H11N3O. The fourth-order valence-electron chi connectivity index (χ4n) is 1.83. The summed E-state index contributed by atoms with van der Waals surface area (Å²) in [6, 6.07) is 16.7. The standard InChI is InChI=1S/C15H11N3O/c19-15(12-6-2-1-3-7-12)10-11-18-14-9-5-4-8-13(14)16-17-18/h1-11H/b11-10+. The molecule has 0 aliphatic heterocycles. The lowest BCUT2D eigenvalue weighted by Gasteiger charge is -1.95. The van der Waals surface area contributed by atoms with Crippen LogP contribution in [0.4, 0.5) is 0 Å². The average molecular weight is 249 g/mol. The molecule has 4 heteroatoms. The van der Waals surface area contributed by atoms with Crippen LogP contribution >= 0.6 is 0 Å². The normalized spacial score (nSPS) is 11.2. The van der Waals surface area contributed by atoms with E-state index in [0.29, 0.717) is 5.56 Å². The minimum atomic E-state index is -0.0554. The number of ketones is 1. The van der Waals surface area contributed by atoms with Gasteiger partial charge in [-0.1, -0.05) is 47.7 Å². The summed E-state index contributed by atoms with van der Waals surface area (Å²) in [5, 5.41) is 8.01. The lowest BCUT2D eigenvalue weighted by atomic mass is 10.1. The zero-order valence-electron chi connectivity index (χ0n) is 10.1. The Morgan fingerprint density at radius 2 is 1.74 bits per heavy atom. The number of rotatable bonds is 3. The molecule has 0 fully saturated rings. The van der Waals surface area contributed by atoms with Crippen LogP contribution in [0.5, 0.6) is 0 Å². The molecule has 4 nitrogen and oxygen atoms in total. The van der Waals surface area contributed by atoms with Gasteiger partial charge in [-0.2, -0.15) is 0 Å². The molecule has 0 aliphatic rings. The third-order valence-electron chi connectivity index (χ3n) is 2.80. The van der Waals surface area contributed by atoms with E-state index in [9.17, 15) is 4.79 Å². The molecule has 0 amide bonds. The largest absolute Gasteiger partial charge is 0.289 e. The first-order valence-electron chi connectivity index (χ1n) is 5.92. The van der Waals surface area contributed by atoms with E-state index in [1.165, 1.54) is 6.08 Å². The Morgan fingerprint density at radius 3 is 2.58 bits per heavy atom. The average Bonchev–Trinajstić information content (AvgIpc) is 2.89. The smallest absolute Gasteiger partial charge is 0.187 e. The van der Waals surface area contributed by atoms with E-state index in [2.05, 4.69) is 10.3 Å². The SMILES string of the molecule is O=C(/C=C/n1nnc2ccccc21)c1ccccc1. The molecule has 3 aromatic rings. The molecule has 0 N–H and O–H groups in total. The summed E-state index contributed by atoms with van der Waals surface area (Å²) >= 11 is 0. The van der Waals surface area contributed by atoms with Gasteiger partial charge in [0, 0.05) is 17.8 Å². The highest BCUT2D eigenvalue weighted by atomic mass is 16.1. The van der Waals surface area contributed by atoms with Gasteiger partial charge in [-0.3, -0.25) is 4.79 Å². The van der Waals surface area contributed by atoms with Crippen molar-refractivity contribution in [1.82, 2.24) is 15.0 Å². The van der Waals surface area contributed by atoms with E-state index < -0.39 is 0 Å². The molecular weight excluding hydrogens is 238 g/mol. The molecule has 0 saturated carbocycles. The molecule has 0 unspecified atom stereocenters. The highest BCUT2D eigenvalue weighted by Gasteiger charge is 2.02. The van der Waals surface area contributed by atoms with Crippen LogP contribution < -0.4 is 0 Å². The van der Waals surface area contributed by atoms with Gasteiger partial charge in [0.05, 0.1) is 5.52 Å². The van der Waals surface area contributed by atoms with Gasteiger partial charge in [0.15, 0.2) is 5.78 Å². The van der Waals surface area contributed by atoms with Crippen LogP contribution in [0.15, 0.2) is 60.7 Å². The Kier molecular flexibility index (Phi) is 2.90. The number of fused-ring (bicyclic) bond motifs is 1. The Hall–Kier alpha value is -2.75. The molecule has 0 spiro atoms. The first-order valence-corrected chi connectivity index (χ1v) is 5.92. The lowest BCUT2D eigenvalue weighted by Crippen LogP contribution is -1.96. The van der Waals surface area contributed by atoms with E-state index in [0.717, 1.165) is 11.0 Å².